The Bertz CT molecular complexity index is 453. The molecule has 0 bridgehead atoms. The van der Waals surface area contributed by atoms with E-state index < -0.39 is 35.5 Å². The molecule has 0 aromatic heterocycles. The van der Waals surface area contributed by atoms with Crippen molar-refractivity contribution in [3.63, 3.8) is 0 Å². The van der Waals surface area contributed by atoms with Crippen LogP contribution in [-0.2, 0) is 14.4 Å². The minimum absolute atomic E-state index is 0.276. The molecule has 21 heavy (non-hydrogen) atoms. The van der Waals surface area contributed by atoms with Crippen LogP contribution < -0.4 is 16.4 Å². The highest BCUT2D eigenvalue weighted by Crippen LogP contribution is 2.29. The molecule has 0 aliphatic carbocycles. The first kappa shape index (κ1) is 17.4. The highest BCUT2D eigenvalue weighted by molar-refractivity contribution is 5.99. The van der Waals surface area contributed by atoms with Crippen LogP contribution in [0.1, 0.15) is 20.8 Å². The van der Waals surface area contributed by atoms with E-state index in [-0.39, 0.29) is 11.8 Å². The first-order valence-corrected chi connectivity index (χ1v) is 6.81. The molecule has 8 heteroatoms. The summed E-state index contributed by atoms with van der Waals surface area (Å²) in [6, 6.07) is -1.64. The molecule has 0 aromatic rings. The van der Waals surface area contributed by atoms with E-state index in [1.165, 1.54) is 14.0 Å². The monoisotopic (exact) mass is 300 g/mol. The van der Waals surface area contributed by atoms with Crippen molar-refractivity contribution < 1.29 is 19.5 Å². The molecule has 1 saturated heterocycles. The van der Waals surface area contributed by atoms with E-state index in [4.69, 9.17) is 5.73 Å². The zero-order valence-electron chi connectivity index (χ0n) is 13.0. The number of primary amides is 1. The number of nitrogens with one attached hydrogen (secondary N) is 2. The van der Waals surface area contributed by atoms with Crippen LogP contribution in [0.4, 0.5) is 0 Å². The summed E-state index contributed by atoms with van der Waals surface area (Å²) in [5.74, 6) is -1.87. The Balaban J connectivity index is 3.07. The van der Waals surface area contributed by atoms with Gasteiger partial charge in [0.05, 0.1) is 12.1 Å². The Morgan fingerprint density at radius 1 is 1.52 bits per heavy atom. The van der Waals surface area contributed by atoms with Gasteiger partial charge in [-0.1, -0.05) is 6.92 Å². The van der Waals surface area contributed by atoms with E-state index in [1.807, 2.05) is 0 Å². The van der Waals surface area contributed by atoms with Gasteiger partial charge >= 0.3 is 0 Å². The second-order valence-corrected chi connectivity index (χ2v) is 5.75. The van der Waals surface area contributed by atoms with Crippen molar-refractivity contribution in [3.05, 3.63) is 0 Å². The van der Waals surface area contributed by atoms with Gasteiger partial charge in [0.1, 0.15) is 11.6 Å². The molecule has 1 fully saturated rings. The first-order valence-electron chi connectivity index (χ1n) is 6.81. The van der Waals surface area contributed by atoms with E-state index in [1.54, 1.807) is 20.9 Å². The van der Waals surface area contributed by atoms with Crippen molar-refractivity contribution >= 4 is 17.7 Å². The van der Waals surface area contributed by atoms with Crippen LogP contribution in [-0.4, -0.2) is 65.5 Å². The summed E-state index contributed by atoms with van der Waals surface area (Å²) >= 11 is 0. The van der Waals surface area contributed by atoms with Crippen molar-refractivity contribution in [1.29, 1.82) is 0 Å². The molecule has 5 N–H and O–H groups in total. The van der Waals surface area contributed by atoms with Crippen molar-refractivity contribution in [2.45, 2.75) is 44.5 Å². The number of rotatable bonds is 5. The van der Waals surface area contributed by atoms with E-state index in [0.717, 1.165) is 4.90 Å². The average molecular weight is 300 g/mol. The summed E-state index contributed by atoms with van der Waals surface area (Å²) in [6.07, 6.45) is -1.10. The van der Waals surface area contributed by atoms with Gasteiger partial charge in [0.25, 0.3) is 0 Å². The van der Waals surface area contributed by atoms with Crippen molar-refractivity contribution in [3.8, 4) is 0 Å². The van der Waals surface area contributed by atoms with Crippen LogP contribution in [0, 0.1) is 5.92 Å². The number of aliphatic hydroxyl groups is 1. The first-order chi connectivity index (χ1) is 9.57. The van der Waals surface area contributed by atoms with Crippen LogP contribution in [0.15, 0.2) is 0 Å². The minimum Gasteiger partial charge on any atom is -0.391 e. The molecule has 1 heterocycles. The quantitative estimate of drug-likeness (QED) is 0.458. The number of amides is 3. The third kappa shape index (κ3) is 2.86. The molecule has 0 radical (unpaired) electrons. The van der Waals surface area contributed by atoms with Crippen LogP contribution in [0.25, 0.3) is 0 Å². The summed E-state index contributed by atoms with van der Waals surface area (Å²) in [5, 5.41) is 15.2. The van der Waals surface area contributed by atoms with Crippen LogP contribution in [0.3, 0.4) is 0 Å². The van der Waals surface area contributed by atoms with Gasteiger partial charge in [0.2, 0.25) is 17.7 Å². The fourth-order valence-electron chi connectivity index (χ4n) is 2.88. The summed E-state index contributed by atoms with van der Waals surface area (Å²) < 4.78 is 0. The second kappa shape index (κ2) is 5.98. The zero-order chi connectivity index (χ0) is 16.5. The summed E-state index contributed by atoms with van der Waals surface area (Å²) in [7, 11) is 3.03. The molecule has 120 valence electrons. The molecule has 5 atom stereocenters. The maximum Gasteiger partial charge on any atom is 0.248 e. The predicted octanol–water partition coefficient (Wildman–Crippen LogP) is -2.21. The molecule has 1 rings (SSSR count). The SMILES string of the molecule is CNC1C(=O)NC(C)(C(=O)N(C)[C@H](C(N)=O)[C@@H](C)O)C1C. The maximum absolute atomic E-state index is 12.7. The maximum atomic E-state index is 12.7. The number of aliphatic hydroxyl groups excluding tert-OH is 1. The lowest BCUT2D eigenvalue weighted by atomic mass is 9.84. The highest BCUT2D eigenvalue weighted by atomic mass is 16.3. The van der Waals surface area contributed by atoms with Crippen molar-refractivity contribution in [1.82, 2.24) is 15.5 Å². The molecule has 0 spiro atoms. The number of hydrogen-bond acceptors (Lipinski definition) is 5. The molecular formula is C13H24N4O4. The van der Waals surface area contributed by atoms with Gasteiger partial charge in [-0.15, -0.1) is 0 Å². The van der Waals surface area contributed by atoms with Crippen LogP contribution in [0.2, 0.25) is 0 Å². The van der Waals surface area contributed by atoms with Gasteiger partial charge in [-0.05, 0) is 20.9 Å². The minimum atomic E-state index is -1.16. The fraction of sp³-hybridized carbons (Fsp3) is 0.769. The molecule has 0 saturated carbocycles. The molecule has 1 aliphatic heterocycles. The van der Waals surface area contributed by atoms with Crippen molar-refractivity contribution in [2.75, 3.05) is 14.1 Å². The highest BCUT2D eigenvalue weighted by Gasteiger charge is 2.53. The smallest absolute Gasteiger partial charge is 0.248 e. The topological polar surface area (TPSA) is 125 Å². The van der Waals surface area contributed by atoms with E-state index >= 15 is 0 Å². The third-order valence-electron chi connectivity index (χ3n) is 4.32. The molecule has 1 aliphatic rings. The van der Waals surface area contributed by atoms with Gasteiger partial charge in [0.15, 0.2) is 0 Å². The van der Waals surface area contributed by atoms with Crippen molar-refractivity contribution in [2.24, 2.45) is 11.7 Å². The Morgan fingerprint density at radius 3 is 2.38 bits per heavy atom. The van der Waals surface area contributed by atoms with Gasteiger partial charge in [-0.2, -0.15) is 0 Å². The Morgan fingerprint density at radius 2 is 2.05 bits per heavy atom. The number of hydrogen-bond donors (Lipinski definition) is 4. The van der Waals surface area contributed by atoms with E-state index in [2.05, 4.69) is 10.6 Å². The lowest BCUT2D eigenvalue weighted by Crippen LogP contribution is -2.61. The Labute approximate surface area is 124 Å². The van der Waals surface area contributed by atoms with Crippen LogP contribution in [0.5, 0.6) is 0 Å². The Kier molecular flexibility index (Phi) is 4.95. The summed E-state index contributed by atoms with van der Waals surface area (Å²) in [6.45, 7) is 4.76. The summed E-state index contributed by atoms with van der Waals surface area (Å²) in [5.41, 5.74) is 4.08. The molecular weight excluding hydrogens is 276 g/mol. The molecule has 3 amide bonds. The number of carbonyl (C=O) groups excluding carboxylic acids is 3. The van der Waals surface area contributed by atoms with Gasteiger partial charge in [-0.3, -0.25) is 14.4 Å². The van der Waals surface area contributed by atoms with Gasteiger partial charge in [-0.25, -0.2) is 0 Å². The average Bonchev–Trinajstić information content (AvgIpc) is 2.58. The lowest BCUT2D eigenvalue weighted by Gasteiger charge is -2.36. The number of carbonyl (C=O) groups is 3. The van der Waals surface area contributed by atoms with Crippen LogP contribution >= 0.6 is 0 Å². The summed E-state index contributed by atoms with van der Waals surface area (Å²) in [4.78, 5) is 37.2. The fourth-order valence-corrected chi connectivity index (χ4v) is 2.88. The largest absolute Gasteiger partial charge is 0.391 e. The van der Waals surface area contributed by atoms with Gasteiger partial charge in [0, 0.05) is 13.0 Å². The van der Waals surface area contributed by atoms with E-state index in [9.17, 15) is 19.5 Å². The second-order valence-electron chi connectivity index (χ2n) is 5.75. The number of nitrogens with zero attached hydrogens (tertiary/aromatic N) is 1. The third-order valence-corrected chi connectivity index (χ3v) is 4.32. The molecule has 0 aromatic carbocycles. The zero-order valence-corrected chi connectivity index (χ0v) is 13.0. The molecule has 8 nitrogen and oxygen atoms in total. The van der Waals surface area contributed by atoms with Gasteiger partial charge < -0.3 is 26.4 Å². The number of nitrogens with two attached hydrogens (primary N) is 1. The van der Waals surface area contributed by atoms with E-state index in [0.29, 0.717) is 0 Å². The standard InChI is InChI=1S/C13H24N4O4/c1-6-8(15-4)11(20)16-13(6,3)12(21)17(5)9(7(2)18)10(14)19/h6-9,15,18H,1-5H3,(H2,14,19)(H,16,20)/t6?,7-,8?,9+,13?/m1/s1. The lowest BCUT2D eigenvalue weighted by molar-refractivity contribution is -0.147. The number of likely N-dealkylation sites (N-methyl/N-ethyl adjacent to an activating group) is 2. The Hall–Kier alpha value is -1.67. The molecule has 3 unspecified atom stereocenters. The predicted molar refractivity (Wildman–Crippen MR) is 76.0 cm³/mol. The normalized spacial score (nSPS) is 31.4.